The molecule has 0 N–H and O–H groups in total. The van der Waals surface area contributed by atoms with Gasteiger partial charge in [-0.2, -0.15) is 0 Å². The Bertz CT molecular complexity index is 4690. The van der Waals surface area contributed by atoms with Crippen molar-refractivity contribution in [2.45, 2.75) is 78.6 Å². The number of anilines is 6. The molecule has 0 aromatic heterocycles. The summed E-state index contributed by atoms with van der Waals surface area (Å²) in [4.78, 5) is 4.99. The molecule has 2 heterocycles. The van der Waals surface area contributed by atoms with E-state index in [0.29, 0.717) is 5.56 Å². The summed E-state index contributed by atoms with van der Waals surface area (Å²) in [6, 6.07) is 88.4. The lowest BCUT2D eigenvalue weighted by molar-refractivity contribution is 0.590. The predicted molar refractivity (Wildman–Crippen MR) is 375 cm³/mol. The summed E-state index contributed by atoms with van der Waals surface area (Å²) in [6.45, 7) is 20.2. The molecule has 0 spiro atoms. The fourth-order valence-corrected chi connectivity index (χ4v) is 13.3. The number of nitrogens with zero attached hydrogens (tertiary/aromatic N) is 2. The second-order valence-corrected chi connectivity index (χ2v) is 26.5. The minimum absolute atomic E-state index is 0.125. The zero-order valence-electron chi connectivity index (χ0n) is 56.1. The lowest BCUT2D eigenvalue weighted by Crippen LogP contribution is -2.61. The van der Waals surface area contributed by atoms with Gasteiger partial charge in [0, 0.05) is 45.0 Å². The van der Waals surface area contributed by atoms with Gasteiger partial charge >= 0.3 is 0 Å². The van der Waals surface area contributed by atoms with Crippen molar-refractivity contribution in [3.05, 3.63) is 296 Å². The Morgan fingerprint density at radius 1 is 0.287 bits per heavy atom. The molecular weight excluding hydrogens is 1050 g/mol. The molecule has 2 aliphatic heterocycles. The molecule has 0 unspecified atom stereocenters. The van der Waals surface area contributed by atoms with Gasteiger partial charge in [-0.05, 0) is 153 Å². The zero-order valence-corrected chi connectivity index (χ0v) is 51.1. The Balaban J connectivity index is 1.25. The maximum absolute atomic E-state index is 9.93. The molecule has 87 heavy (non-hydrogen) atoms. The quantitative estimate of drug-likeness (QED) is 0.133. The molecule has 2 aliphatic rings. The first kappa shape index (κ1) is 49.6. The van der Waals surface area contributed by atoms with Gasteiger partial charge in [0.25, 0.3) is 6.71 Å². The first-order valence-corrected chi connectivity index (χ1v) is 30.5. The van der Waals surface area contributed by atoms with E-state index in [-0.39, 0.29) is 33.9 Å². The first-order chi connectivity index (χ1) is 44.2. The van der Waals surface area contributed by atoms with Crippen LogP contribution in [0.4, 0.5) is 34.1 Å². The van der Waals surface area contributed by atoms with Gasteiger partial charge in [-0.25, -0.2) is 0 Å². The molecule has 0 saturated carbocycles. The highest BCUT2D eigenvalue weighted by molar-refractivity contribution is 7.00. The number of rotatable bonds is 9. The Labute approximate surface area is 523 Å². The van der Waals surface area contributed by atoms with E-state index < -0.39 is 24.8 Å². The van der Waals surface area contributed by atoms with Gasteiger partial charge in [-0.3, -0.25) is 0 Å². The predicted octanol–water partition coefficient (Wildman–Crippen LogP) is 21.3. The molecule has 2 nitrogen and oxygen atoms in total. The number of fused-ring (bicyclic) bond motifs is 4. The third-order valence-corrected chi connectivity index (χ3v) is 17.7. The highest BCUT2D eigenvalue weighted by Gasteiger charge is 2.47. The van der Waals surface area contributed by atoms with E-state index in [1.54, 1.807) is 0 Å². The Morgan fingerprint density at radius 2 is 0.644 bits per heavy atom. The highest BCUT2D eigenvalue weighted by atomic mass is 15.2. The van der Waals surface area contributed by atoms with Gasteiger partial charge in [0.2, 0.25) is 0 Å². The zero-order chi connectivity index (χ0) is 64.1. The monoisotopic (exact) mass is 1130 g/mol. The third kappa shape index (κ3) is 10.00. The molecule has 0 radical (unpaired) electrons. The van der Waals surface area contributed by atoms with Crippen LogP contribution in [0.5, 0.6) is 0 Å². The van der Waals surface area contributed by atoms with Crippen molar-refractivity contribution < 1.29 is 6.85 Å². The van der Waals surface area contributed by atoms with Crippen molar-refractivity contribution in [1.82, 2.24) is 0 Å². The third-order valence-electron chi connectivity index (χ3n) is 17.7. The van der Waals surface area contributed by atoms with Gasteiger partial charge in [-0.15, -0.1) is 0 Å². The van der Waals surface area contributed by atoms with E-state index in [1.165, 1.54) is 16.7 Å². The fourth-order valence-electron chi connectivity index (χ4n) is 13.3. The van der Waals surface area contributed by atoms with Crippen LogP contribution in [0.25, 0.3) is 77.9 Å². The SMILES string of the molecule is [2H]c1c([2H])c([2H])c(-c2cc3c4c(c2)N(c2c(-c5ccccc5)cc(C(C)(C)C)cc2-c2ccccc2)c2cc(C(C)(C)C)c(-c5ccccc5)cc2B4c2ccc(-c4ccccc4)cc2N3c2c(-c3ccccc3)cc(C(C)(C)C)cc2-c2ccccc2)c([2H])c1[2H]. The van der Waals surface area contributed by atoms with Crippen molar-refractivity contribution in [2.75, 3.05) is 9.80 Å². The van der Waals surface area contributed by atoms with Crippen LogP contribution in [-0.2, 0) is 16.2 Å². The van der Waals surface area contributed by atoms with E-state index >= 15 is 0 Å². The van der Waals surface area contributed by atoms with Crippen LogP contribution in [0, 0.1) is 0 Å². The molecule has 422 valence electrons. The fraction of sp³-hybridized carbons (Fsp3) is 0.143. The summed E-state index contributed by atoms with van der Waals surface area (Å²) in [5.74, 6) is 0. The van der Waals surface area contributed by atoms with E-state index in [0.717, 1.165) is 117 Å². The van der Waals surface area contributed by atoms with E-state index in [2.05, 4.69) is 321 Å². The molecular formula is C84H73BN2. The maximum Gasteiger partial charge on any atom is 0.252 e. The normalized spacial score (nSPS) is 13.6. The van der Waals surface area contributed by atoms with Crippen LogP contribution < -0.4 is 26.2 Å². The van der Waals surface area contributed by atoms with Crippen LogP contribution in [0.1, 0.15) is 85.9 Å². The lowest BCUT2D eigenvalue weighted by Gasteiger charge is -2.47. The smallest absolute Gasteiger partial charge is 0.252 e. The van der Waals surface area contributed by atoms with Crippen LogP contribution in [0.3, 0.4) is 0 Å². The topological polar surface area (TPSA) is 6.48 Å². The van der Waals surface area contributed by atoms with E-state index in [4.69, 9.17) is 1.37 Å². The Hall–Kier alpha value is -9.70. The molecule has 3 heteroatoms. The molecule has 12 aromatic rings. The van der Waals surface area contributed by atoms with Crippen LogP contribution in [0.15, 0.2) is 279 Å². The second kappa shape index (κ2) is 21.7. The number of hydrogen-bond acceptors (Lipinski definition) is 2. The van der Waals surface area contributed by atoms with Gasteiger partial charge in [0.05, 0.1) is 18.2 Å². The van der Waals surface area contributed by atoms with Gasteiger partial charge < -0.3 is 9.80 Å². The summed E-state index contributed by atoms with van der Waals surface area (Å²) >= 11 is 0. The Kier molecular flexibility index (Phi) is 12.3. The Morgan fingerprint density at radius 3 is 1.02 bits per heavy atom. The summed E-state index contributed by atoms with van der Waals surface area (Å²) < 4.78 is 47.5. The summed E-state index contributed by atoms with van der Waals surface area (Å²) in [5, 5.41) is 0. The molecule has 0 aliphatic carbocycles. The van der Waals surface area contributed by atoms with Crippen LogP contribution in [-0.4, -0.2) is 6.71 Å². The molecule has 12 aromatic carbocycles. The van der Waals surface area contributed by atoms with Crippen molar-refractivity contribution in [1.29, 1.82) is 0 Å². The molecule has 0 saturated heterocycles. The summed E-state index contributed by atoms with van der Waals surface area (Å²) in [7, 11) is 0. The minimum Gasteiger partial charge on any atom is -0.310 e. The number of hydrogen-bond donors (Lipinski definition) is 0. The van der Waals surface area contributed by atoms with E-state index in [9.17, 15) is 5.48 Å². The van der Waals surface area contributed by atoms with Crippen molar-refractivity contribution >= 4 is 57.2 Å². The number of benzene rings is 12. The van der Waals surface area contributed by atoms with Gasteiger partial charge in [0.1, 0.15) is 0 Å². The highest BCUT2D eigenvalue weighted by Crippen LogP contribution is 2.56. The van der Waals surface area contributed by atoms with Gasteiger partial charge in [0.15, 0.2) is 0 Å². The van der Waals surface area contributed by atoms with Crippen molar-refractivity contribution in [3.63, 3.8) is 0 Å². The van der Waals surface area contributed by atoms with Crippen LogP contribution >= 0.6 is 0 Å². The summed E-state index contributed by atoms with van der Waals surface area (Å²) in [5.41, 5.74) is 24.7. The molecule has 0 fully saturated rings. The molecule has 14 rings (SSSR count). The largest absolute Gasteiger partial charge is 0.310 e. The molecule has 0 amide bonds. The maximum atomic E-state index is 9.93. The first-order valence-electron chi connectivity index (χ1n) is 33.0. The minimum atomic E-state index is -0.440. The van der Waals surface area contributed by atoms with Crippen molar-refractivity contribution in [2.24, 2.45) is 0 Å². The van der Waals surface area contributed by atoms with Crippen LogP contribution in [0.2, 0.25) is 0 Å². The van der Waals surface area contributed by atoms with Gasteiger partial charge in [-0.1, -0.05) is 293 Å². The standard InChI is InChI=1S/C84H73BN2/c1-82(2,3)65-50-68(59-37-23-13-24-38-59)80(69(51-65)60-39-25-14-26-40-60)86-75-47-63(56-31-17-10-18-32-56)45-46-73(75)85-74-54-67(58-35-21-12-22-36-58)72(84(7,8)9)55-76(74)87(78-49-64(48-77(86)79(78)85)57-33-19-11-20-34-57)81-70(61-41-27-15-28-42-61)52-66(83(4,5)6)53-71(81)62-43-29-16-30-44-62/h10-55H,1-9H3/i11D,19D,20D,33D,34D. The average molecular weight is 1130 g/mol. The van der Waals surface area contributed by atoms with Crippen molar-refractivity contribution in [3.8, 4) is 77.9 Å². The molecule has 0 bridgehead atoms. The van der Waals surface area contributed by atoms with E-state index in [1.807, 2.05) is 0 Å². The second-order valence-electron chi connectivity index (χ2n) is 26.5. The average Bonchev–Trinajstić information content (AvgIpc) is 0.685. The lowest BCUT2D eigenvalue weighted by atomic mass is 9.33. The molecule has 0 atom stereocenters. The summed E-state index contributed by atoms with van der Waals surface area (Å²) in [6.07, 6.45) is 0.